The lowest BCUT2D eigenvalue weighted by Gasteiger charge is -2.23. The molecule has 0 aromatic carbocycles. The van der Waals surface area contributed by atoms with Gasteiger partial charge in [-0.3, -0.25) is 4.90 Å². The summed E-state index contributed by atoms with van der Waals surface area (Å²) in [5.74, 6) is -5.51. The molecule has 0 aliphatic carbocycles. The van der Waals surface area contributed by atoms with Gasteiger partial charge in [-0.1, -0.05) is 0 Å². The van der Waals surface area contributed by atoms with Gasteiger partial charge in [-0.15, -0.1) is 11.3 Å². The van der Waals surface area contributed by atoms with E-state index >= 15 is 0 Å². The van der Waals surface area contributed by atoms with Gasteiger partial charge in [0.05, 0.1) is 24.6 Å². The standard InChI is InChI=1S/C16H21N3OS.2C2HF3O2/c1-13-2-3-15(21-13)9-18-6-4-16(11-18)8-14(10-20-16)19-7-5-17-12-19;2*3-2(4,5)1(6)7/h2-3,5,7,12,14H,4,6,8-11H2,1H3;2*(H,6,7). The Morgan fingerprint density at radius 3 is 2.23 bits per heavy atom. The van der Waals surface area contributed by atoms with Crippen LogP contribution >= 0.6 is 11.3 Å². The van der Waals surface area contributed by atoms with Gasteiger partial charge < -0.3 is 19.5 Å². The number of likely N-dealkylation sites (tertiary alicyclic amines) is 1. The first-order chi connectivity index (χ1) is 16.1. The van der Waals surface area contributed by atoms with Crippen molar-refractivity contribution >= 4 is 23.3 Å². The summed E-state index contributed by atoms with van der Waals surface area (Å²) in [5.41, 5.74) is 0.0707. The van der Waals surface area contributed by atoms with Crippen molar-refractivity contribution in [3.05, 3.63) is 40.6 Å². The second-order valence-corrected chi connectivity index (χ2v) is 9.31. The van der Waals surface area contributed by atoms with E-state index in [-0.39, 0.29) is 5.60 Å². The Morgan fingerprint density at radius 1 is 1.17 bits per heavy atom. The summed E-state index contributed by atoms with van der Waals surface area (Å²) in [6, 6.07) is 4.93. The summed E-state index contributed by atoms with van der Waals surface area (Å²) in [6.45, 7) is 6.28. The molecule has 0 amide bonds. The number of carboxylic acid groups (broad SMARTS) is 2. The van der Waals surface area contributed by atoms with Crippen LogP contribution in [0.4, 0.5) is 26.3 Å². The molecule has 2 aliphatic heterocycles. The van der Waals surface area contributed by atoms with E-state index in [2.05, 4.69) is 33.5 Å². The predicted octanol–water partition coefficient (Wildman–Crippen LogP) is 4.13. The third kappa shape index (κ3) is 8.81. The molecule has 2 atom stereocenters. The normalized spacial score (nSPS) is 22.3. The van der Waals surface area contributed by atoms with E-state index in [1.54, 1.807) is 0 Å². The highest BCUT2D eigenvalue weighted by Crippen LogP contribution is 2.40. The maximum Gasteiger partial charge on any atom is 0.490 e. The number of nitrogens with zero attached hydrogens (tertiary/aromatic N) is 3. The fourth-order valence-electron chi connectivity index (χ4n) is 3.63. The van der Waals surface area contributed by atoms with E-state index in [9.17, 15) is 26.3 Å². The van der Waals surface area contributed by atoms with E-state index in [0.717, 1.165) is 39.1 Å². The fourth-order valence-corrected chi connectivity index (χ4v) is 4.57. The monoisotopic (exact) mass is 531 g/mol. The summed E-state index contributed by atoms with van der Waals surface area (Å²) in [6.07, 6.45) is -2.08. The Labute approximate surface area is 199 Å². The SMILES string of the molecule is Cc1ccc(CN2CCC3(CC(n4ccnc4)CO3)C2)s1.O=C(O)C(F)(F)F.O=C(O)C(F)(F)F. The number of ether oxygens (including phenoxy) is 1. The number of hydrogen-bond donors (Lipinski definition) is 2. The molecule has 2 aromatic heterocycles. The number of hydrogen-bond acceptors (Lipinski definition) is 6. The smallest absolute Gasteiger partial charge is 0.475 e. The molecule has 8 nitrogen and oxygen atoms in total. The number of aliphatic carboxylic acids is 2. The summed E-state index contributed by atoms with van der Waals surface area (Å²) < 4.78 is 71.9. The third-order valence-electron chi connectivity index (χ3n) is 5.19. The van der Waals surface area contributed by atoms with E-state index < -0.39 is 24.3 Å². The van der Waals surface area contributed by atoms with Crippen LogP contribution in [0, 0.1) is 6.92 Å². The van der Waals surface area contributed by atoms with Crippen molar-refractivity contribution in [1.82, 2.24) is 14.5 Å². The average Bonchev–Trinajstić information content (AvgIpc) is 3.52. The van der Waals surface area contributed by atoms with Crippen LogP contribution in [-0.2, 0) is 20.9 Å². The zero-order valence-corrected chi connectivity index (χ0v) is 19.2. The molecule has 4 rings (SSSR count). The summed E-state index contributed by atoms with van der Waals surface area (Å²) in [5, 5.41) is 14.2. The van der Waals surface area contributed by atoms with Crippen LogP contribution in [0.2, 0.25) is 0 Å². The average molecular weight is 531 g/mol. The number of carboxylic acids is 2. The fraction of sp³-hybridized carbons (Fsp3) is 0.550. The molecule has 2 aliphatic rings. The molecule has 15 heteroatoms. The minimum Gasteiger partial charge on any atom is -0.475 e. The van der Waals surface area contributed by atoms with Crippen LogP contribution in [-0.4, -0.2) is 74.3 Å². The Balaban J connectivity index is 0.000000257. The van der Waals surface area contributed by atoms with Gasteiger partial charge in [-0.25, -0.2) is 14.6 Å². The molecule has 2 aromatic rings. The highest BCUT2D eigenvalue weighted by molar-refractivity contribution is 7.11. The third-order valence-corrected chi connectivity index (χ3v) is 6.18. The summed E-state index contributed by atoms with van der Waals surface area (Å²) >= 11 is 1.91. The van der Waals surface area contributed by atoms with Crippen LogP contribution in [0.1, 0.15) is 28.6 Å². The number of aromatic nitrogens is 2. The van der Waals surface area contributed by atoms with Crippen LogP contribution in [0.3, 0.4) is 0 Å². The van der Waals surface area contributed by atoms with Crippen molar-refractivity contribution in [1.29, 1.82) is 0 Å². The summed E-state index contributed by atoms with van der Waals surface area (Å²) in [4.78, 5) is 27.4. The number of rotatable bonds is 3. The minimum absolute atomic E-state index is 0.0707. The first kappa shape index (κ1) is 28.6. The van der Waals surface area contributed by atoms with Gasteiger partial charge in [-0.2, -0.15) is 26.3 Å². The lowest BCUT2D eigenvalue weighted by Crippen LogP contribution is -2.32. The van der Waals surface area contributed by atoms with Gasteiger partial charge in [0.1, 0.15) is 0 Å². The second-order valence-electron chi connectivity index (χ2n) is 7.94. The number of thiophene rings is 1. The van der Waals surface area contributed by atoms with Crippen molar-refractivity contribution in [3.63, 3.8) is 0 Å². The largest absolute Gasteiger partial charge is 0.490 e. The molecule has 1 spiro atoms. The molecule has 4 heterocycles. The lowest BCUT2D eigenvalue weighted by atomic mass is 9.97. The van der Waals surface area contributed by atoms with E-state index in [4.69, 9.17) is 24.5 Å². The van der Waals surface area contributed by atoms with Crippen molar-refractivity contribution in [2.75, 3.05) is 19.7 Å². The van der Waals surface area contributed by atoms with E-state index in [1.807, 2.05) is 30.1 Å². The maximum atomic E-state index is 10.6. The van der Waals surface area contributed by atoms with Crippen molar-refractivity contribution in [2.24, 2.45) is 0 Å². The molecule has 2 saturated heterocycles. The maximum absolute atomic E-state index is 10.6. The van der Waals surface area contributed by atoms with Gasteiger partial charge in [0.2, 0.25) is 0 Å². The molecular weight excluding hydrogens is 508 g/mol. The lowest BCUT2D eigenvalue weighted by molar-refractivity contribution is -0.193. The number of halogens is 6. The van der Waals surface area contributed by atoms with Crippen molar-refractivity contribution in [2.45, 2.75) is 50.3 Å². The van der Waals surface area contributed by atoms with E-state index in [0.29, 0.717) is 6.04 Å². The number of aryl methyl sites for hydroxylation is 1. The number of imidazole rings is 1. The van der Waals surface area contributed by atoms with Gasteiger partial charge in [0, 0.05) is 48.2 Å². The van der Waals surface area contributed by atoms with Crippen molar-refractivity contribution in [3.8, 4) is 0 Å². The molecule has 2 N–H and O–H groups in total. The Hall–Kier alpha value is -2.65. The Bertz CT molecular complexity index is 955. The molecule has 35 heavy (non-hydrogen) atoms. The van der Waals surface area contributed by atoms with Crippen LogP contribution in [0.5, 0.6) is 0 Å². The highest BCUT2D eigenvalue weighted by Gasteiger charge is 2.46. The molecule has 2 fully saturated rings. The van der Waals surface area contributed by atoms with Crippen LogP contribution in [0.25, 0.3) is 0 Å². The zero-order chi connectivity index (χ0) is 26.4. The zero-order valence-electron chi connectivity index (χ0n) is 18.3. The molecule has 0 bridgehead atoms. The van der Waals surface area contributed by atoms with Gasteiger partial charge in [0.15, 0.2) is 0 Å². The highest BCUT2D eigenvalue weighted by atomic mass is 32.1. The van der Waals surface area contributed by atoms with Crippen LogP contribution < -0.4 is 0 Å². The Morgan fingerprint density at radius 2 is 1.77 bits per heavy atom. The molecule has 196 valence electrons. The van der Waals surface area contributed by atoms with E-state index in [1.165, 1.54) is 9.75 Å². The molecular formula is C20H23F6N3O5S. The molecule has 0 radical (unpaired) electrons. The molecule has 2 unspecified atom stereocenters. The first-order valence-electron chi connectivity index (χ1n) is 10.1. The Kier molecular flexibility index (Phi) is 9.30. The van der Waals surface area contributed by atoms with Gasteiger partial charge in [0.25, 0.3) is 0 Å². The minimum atomic E-state index is -5.08. The second kappa shape index (κ2) is 11.4. The predicted molar refractivity (Wildman–Crippen MR) is 111 cm³/mol. The topological polar surface area (TPSA) is 105 Å². The quantitative estimate of drug-likeness (QED) is 0.574. The number of alkyl halides is 6. The van der Waals surface area contributed by atoms with Crippen molar-refractivity contribution < 1.29 is 50.9 Å². The van der Waals surface area contributed by atoms with Gasteiger partial charge >= 0.3 is 24.3 Å². The molecule has 0 saturated carbocycles. The number of carbonyl (C=O) groups is 2. The van der Waals surface area contributed by atoms with Crippen LogP contribution in [0.15, 0.2) is 30.9 Å². The summed E-state index contributed by atoms with van der Waals surface area (Å²) in [7, 11) is 0. The first-order valence-corrected chi connectivity index (χ1v) is 10.9. The van der Waals surface area contributed by atoms with Gasteiger partial charge in [-0.05, 0) is 25.5 Å².